The molecule has 0 aromatic heterocycles. The number of rotatable bonds is 4. The van der Waals surface area contributed by atoms with E-state index in [1.165, 1.54) is 0 Å². The molecule has 3 rings (SSSR count). The number of hydrogen-bond donors (Lipinski definition) is 3. The van der Waals surface area contributed by atoms with Crippen LogP contribution >= 0.6 is 0 Å². The van der Waals surface area contributed by atoms with Gasteiger partial charge in [0.05, 0.1) is 5.41 Å². The van der Waals surface area contributed by atoms with Crippen LogP contribution in [0.15, 0.2) is 24.3 Å². The number of hydrogen-bond acceptors (Lipinski definition) is 4. The number of alkyl halides is 2. The lowest BCUT2D eigenvalue weighted by molar-refractivity contribution is -0.133. The van der Waals surface area contributed by atoms with E-state index in [1.54, 1.807) is 24.3 Å². The third-order valence-corrected chi connectivity index (χ3v) is 4.95. The Morgan fingerprint density at radius 3 is 2.38 bits per heavy atom. The summed E-state index contributed by atoms with van der Waals surface area (Å²) < 4.78 is 27.4. The summed E-state index contributed by atoms with van der Waals surface area (Å²) in [7, 11) is 0. The first-order valence-electron chi connectivity index (χ1n) is 8.21. The largest absolute Gasteiger partial charge is 0.374 e. The van der Waals surface area contributed by atoms with Crippen LogP contribution in [0.1, 0.15) is 31.2 Å². The molecule has 0 spiro atoms. The molecule has 5 nitrogen and oxygen atoms in total. The standard InChI is InChI=1S/C17H21F2N3O2/c18-16(19)17(7-9-20-10-8-17)11-1-3-12(4-2-11)21-13-5-6-14(23)22-15(13)24/h1-4,13,16,20-21H,5-10H2,(H,22,23,24). The minimum absolute atomic E-state index is 0.266. The average molecular weight is 337 g/mol. The molecule has 0 bridgehead atoms. The second-order valence-corrected chi connectivity index (χ2v) is 6.43. The van der Waals surface area contributed by atoms with Crippen LogP contribution in [0.4, 0.5) is 14.5 Å². The van der Waals surface area contributed by atoms with Gasteiger partial charge in [-0.3, -0.25) is 14.9 Å². The van der Waals surface area contributed by atoms with E-state index in [-0.39, 0.29) is 11.8 Å². The maximum absolute atomic E-state index is 13.7. The Kier molecular flexibility index (Phi) is 4.80. The Morgan fingerprint density at radius 2 is 1.79 bits per heavy atom. The molecule has 0 saturated carbocycles. The van der Waals surface area contributed by atoms with Crippen molar-refractivity contribution in [1.29, 1.82) is 0 Å². The summed E-state index contributed by atoms with van der Waals surface area (Å²) in [6.07, 6.45) is -0.870. The molecule has 1 aromatic rings. The predicted molar refractivity (Wildman–Crippen MR) is 86.0 cm³/mol. The van der Waals surface area contributed by atoms with Gasteiger partial charge in [0.1, 0.15) is 6.04 Å². The van der Waals surface area contributed by atoms with Crippen molar-refractivity contribution >= 4 is 17.5 Å². The Labute approximate surface area is 139 Å². The van der Waals surface area contributed by atoms with E-state index < -0.39 is 17.9 Å². The fraction of sp³-hybridized carbons (Fsp3) is 0.529. The molecule has 130 valence electrons. The zero-order valence-electron chi connectivity index (χ0n) is 13.3. The number of carbonyl (C=O) groups is 2. The van der Waals surface area contributed by atoms with E-state index in [4.69, 9.17) is 0 Å². The number of anilines is 1. The molecule has 2 fully saturated rings. The van der Waals surface area contributed by atoms with Gasteiger partial charge in [0.2, 0.25) is 18.2 Å². The van der Waals surface area contributed by atoms with E-state index in [0.29, 0.717) is 50.0 Å². The van der Waals surface area contributed by atoms with Gasteiger partial charge in [-0.25, -0.2) is 8.78 Å². The van der Waals surface area contributed by atoms with E-state index in [0.717, 1.165) is 0 Å². The van der Waals surface area contributed by atoms with Crippen molar-refractivity contribution in [2.45, 2.75) is 43.6 Å². The van der Waals surface area contributed by atoms with Crippen LogP contribution in [-0.2, 0) is 15.0 Å². The zero-order valence-corrected chi connectivity index (χ0v) is 13.3. The molecule has 7 heteroatoms. The van der Waals surface area contributed by atoms with Crippen molar-refractivity contribution in [1.82, 2.24) is 10.6 Å². The van der Waals surface area contributed by atoms with Crippen molar-refractivity contribution in [2.24, 2.45) is 0 Å². The zero-order chi connectivity index (χ0) is 17.2. The molecule has 2 saturated heterocycles. The first-order valence-corrected chi connectivity index (χ1v) is 8.21. The highest BCUT2D eigenvalue weighted by Crippen LogP contribution is 2.39. The summed E-state index contributed by atoms with van der Waals surface area (Å²) in [6, 6.07) is 6.41. The maximum Gasteiger partial charge on any atom is 0.249 e. The SMILES string of the molecule is O=C1CCC(Nc2ccc(C3(C(F)F)CCNCC3)cc2)C(=O)N1. The lowest BCUT2D eigenvalue weighted by atomic mass is 9.73. The summed E-state index contributed by atoms with van der Waals surface area (Å²) in [4.78, 5) is 22.9. The molecule has 2 aliphatic rings. The quantitative estimate of drug-likeness (QED) is 0.733. The minimum Gasteiger partial charge on any atom is -0.374 e. The molecule has 2 amide bonds. The van der Waals surface area contributed by atoms with Gasteiger partial charge in [-0.05, 0) is 50.0 Å². The van der Waals surface area contributed by atoms with Gasteiger partial charge in [0.25, 0.3) is 0 Å². The molecule has 2 heterocycles. The topological polar surface area (TPSA) is 70.2 Å². The number of nitrogens with one attached hydrogen (secondary N) is 3. The number of benzene rings is 1. The third kappa shape index (κ3) is 3.26. The van der Waals surface area contributed by atoms with Gasteiger partial charge in [0, 0.05) is 12.1 Å². The van der Waals surface area contributed by atoms with Gasteiger partial charge < -0.3 is 10.6 Å². The third-order valence-electron chi connectivity index (χ3n) is 4.95. The Bertz CT molecular complexity index is 613. The molecule has 1 aromatic carbocycles. The van der Waals surface area contributed by atoms with Crippen LogP contribution in [0.5, 0.6) is 0 Å². The predicted octanol–water partition coefficient (Wildman–Crippen LogP) is 1.79. The van der Waals surface area contributed by atoms with Crippen molar-refractivity contribution in [3.63, 3.8) is 0 Å². The van der Waals surface area contributed by atoms with Gasteiger partial charge in [-0.15, -0.1) is 0 Å². The van der Waals surface area contributed by atoms with E-state index in [9.17, 15) is 18.4 Å². The van der Waals surface area contributed by atoms with Crippen LogP contribution in [-0.4, -0.2) is 37.4 Å². The summed E-state index contributed by atoms with van der Waals surface area (Å²) in [5.41, 5.74) is 0.220. The highest BCUT2D eigenvalue weighted by atomic mass is 19.3. The summed E-state index contributed by atoms with van der Waals surface area (Å²) in [5.74, 6) is -0.615. The number of piperidine rings is 2. The van der Waals surface area contributed by atoms with Crippen molar-refractivity contribution < 1.29 is 18.4 Å². The van der Waals surface area contributed by atoms with Crippen molar-refractivity contribution in [3.05, 3.63) is 29.8 Å². The van der Waals surface area contributed by atoms with Gasteiger partial charge in [-0.1, -0.05) is 12.1 Å². The fourth-order valence-corrected chi connectivity index (χ4v) is 3.44. The minimum atomic E-state index is -2.41. The van der Waals surface area contributed by atoms with Crippen molar-refractivity contribution in [2.75, 3.05) is 18.4 Å². The summed E-state index contributed by atoms with van der Waals surface area (Å²) in [6.45, 7) is 1.17. The highest BCUT2D eigenvalue weighted by molar-refractivity contribution is 6.01. The molecule has 0 aliphatic carbocycles. The van der Waals surface area contributed by atoms with Crippen LogP contribution in [0.3, 0.4) is 0 Å². The van der Waals surface area contributed by atoms with E-state index >= 15 is 0 Å². The average Bonchev–Trinajstić information content (AvgIpc) is 2.58. The smallest absolute Gasteiger partial charge is 0.249 e. The molecule has 0 radical (unpaired) electrons. The Hall–Kier alpha value is -2.02. The van der Waals surface area contributed by atoms with Gasteiger partial charge in [0.15, 0.2) is 0 Å². The summed E-state index contributed by atoms with van der Waals surface area (Å²) >= 11 is 0. The second-order valence-electron chi connectivity index (χ2n) is 6.43. The monoisotopic (exact) mass is 337 g/mol. The molecular weight excluding hydrogens is 316 g/mol. The molecule has 1 atom stereocenters. The normalized spacial score (nSPS) is 23.9. The summed E-state index contributed by atoms with van der Waals surface area (Å²) in [5, 5.41) is 8.47. The molecule has 2 aliphatic heterocycles. The Morgan fingerprint density at radius 1 is 1.12 bits per heavy atom. The van der Waals surface area contributed by atoms with Crippen LogP contribution in [0.2, 0.25) is 0 Å². The molecule has 1 unspecified atom stereocenters. The maximum atomic E-state index is 13.7. The number of imide groups is 1. The Balaban J connectivity index is 1.73. The van der Waals surface area contributed by atoms with Gasteiger partial charge in [-0.2, -0.15) is 0 Å². The van der Waals surface area contributed by atoms with Crippen LogP contribution in [0.25, 0.3) is 0 Å². The van der Waals surface area contributed by atoms with Gasteiger partial charge >= 0.3 is 0 Å². The second kappa shape index (κ2) is 6.84. The van der Waals surface area contributed by atoms with Crippen LogP contribution in [0, 0.1) is 0 Å². The molecule has 24 heavy (non-hydrogen) atoms. The number of amides is 2. The number of carbonyl (C=O) groups excluding carboxylic acids is 2. The lowest BCUT2D eigenvalue weighted by Gasteiger charge is -2.37. The lowest BCUT2D eigenvalue weighted by Crippen LogP contribution is -2.47. The number of halogens is 2. The molecular formula is C17H21F2N3O2. The van der Waals surface area contributed by atoms with Crippen molar-refractivity contribution in [3.8, 4) is 0 Å². The fourth-order valence-electron chi connectivity index (χ4n) is 3.44. The first kappa shape index (κ1) is 16.8. The molecule has 3 N–H and O–H groups in total. The van der Waals surface area contributed by atoms with Crippen LogP contribution < -0.4 is 16.0 Å². The first-order chi connectivity index (χ1) is 11.5. The highest BCUT2D eigenvalue weighted by Gasteiger charge is 2.42. The van der Waals surface area contributed by atoms with E-state index in [1.807, 2.05) is 0 Å². The van der Waals surface area contributed by atoms with E-state index in [2.05, 4.69) is 16.0 Å².